The number of aliphatic hydroxyl groups excluding tert-OH is 2. The van der Waals surface area contributed by atoms with Gasteiger partial charge in [-0.1, -0.05) is 70.2 Å². The van der Waals surface area contributed by atoms with E-state index < -0.39 is 0 Å². The standard InChI is InChI=1S/C30H44O4/c1-3-5-10-24-22-26(12-14-28(24)33-20-18-31)30(16-8-7-9-17-30)27-13-15-29(34-21-19-32)25(23-27)11-6-4-2/h12-15,22-23,31-32H,3-11,16-21H2,1-2H3. The minimum Gasteiger partial charge on any atom is -0.491 e. The Morgan fingerprint density at radius 1 is 0.706 bits per heavy atom. The maximum Gasteiger partial charge on any atom is 0.122 e. The summed E-state index contributed by atoms with van der Waals surface area (Å²) in [6, 6.07) is 13.5. The molecule has 1 fully saturated rings. The molecule has 0 bridgehead atoms. The summed E-state index contributed by atoms with van der Waals surface area (Å²) in [6.45, 7) is 5.17. The lowest BCUT2D eigenvalue weighted by molar-refractivity contribution is 0.200. The number of aryl methyl sites for hydroxylation is 2. The van der Waals surface area contributed by atoms with E-state index >= 15 is 0 Å². The molecule has 2 aromatic carbocycles. The Morgan fingerprint density at radius 2 is 1.18 bits per heavy atom. The Bertz CT molecular complexity index is 805. The molecule has 0 unspecified atom stereocenters. The van der Waals surface area contributed by atoms with Gasteiger partial charge in [0.15, 0.2) is 0 Å². The number of unbranched alkanes of at least 4 members (excludes halogenated alkanes) is 2. The van der Waals surface area contributed by atoms with E-state index in [0.29, 0.717) is 13.2 Å². The predicted molar refractivity (Wildman–Crippen MR) is 139 cm³/mol. The maximum absolute atomic E-state index is 9.26. The normalized spacial score (nSPS) is 15.3. The lowest BCUT2D eigenvalue weighted by atomic mass is 9.64. The molecule has 0 spiro atoms. The largest absolute Gasteiger partial charge is 0.491 e. The molecule has 188 valence electrons. The summed E-state index contributed by atoms with van der Waals surface area (Å²) in [7, 11) is 0. The van der Waals surface area contributed by atoms with E-state index in [9.17, 15) is 10.2 Å². The van der Waals surface area contributed by atoms with Gasteiger partial charge in [-0.15, -0.1) is 0 Å². The molecule has 0 aliphatic heterocycles. The van der Waals surface area contributed by atoms with Crippen LogP contribution in [-0.2, 0) is 18.3 Å². The molecule has 2 N–H and O–H groups in total. The first kappa shape index (κ1) is 26.6. The second-order valence-electron chi connectivity index (χ2n) is 9.64. The van der Waals surface area contributed by atoms with E-state index in [1.54, 1.807) is 0 Å². The van der Waals surface area contributed by atoms with Crippen LogP contribution < -0.4 is 9.47 Å². The van der Waals surface area contributed by atoms with Crippen molar-refractivity contribution in [1.29, 1.82) is 0 Å². The van der Waals surface area contributed by atoms with Crippen LogP contribution in [0.25, 0.3) is 0 Å². The third-order valence-corrected chi connectivity index (χ3v) is 7.23. The zero-order valence-corrected chi connectivity index (χ0v) is 21.3. The van der Waals surface area contributed by atoms with E-state index in [0.717, 1.165) is 62.9 Å². The highest BCUT2D eigenvalue weighted by atomic mass is 16.5. The molecule has 3 rings (SSSR count). The molecule has 34 heavy (non-hydrogen) atoms. The van der Waals surface area contributed by atoms with Crippen LogP contribution in [0, 0.1) is 0 Å². The van der Waals surface area contributed by atoms with Crippen molar-refractivity contribution in [1.82, 2.24) is 0 Å². The molecular weight excluding hydrogens is 424 g/mol. The van der Waals surface area contributed by atoms with E-state index in [-0.39, 0.29) is 18.6 Å². The van der Waals surface area contributed by atoms with Gasteiger partial charge in [-0.3, -0.25) is 0 Å². The van der Waals surface area contributed by atoms with E-state index in [2.05, 4.69) is 50.2 Å². The summed E-state index contributed by atoms with van der Waals surface area (Å²) in [6.07, 6.45) is 12.6. The molecule has 4 heteroatoms. The summed E-state index contributed by atoms with van der Waals surface area (Å²) < 4.78 is 11.8. The van der Waals surface area contributed by atoms with Crippen molar-refractivity contribution in [3.63, 3.8) is 0 Å². The van der Waals surface area contributed by atoms with E-state index in [4.69, 9.17) is 9.47 Å². The Hall–Kier alpha value is -2.04. The first-order chi connectivity index (χ1) is 16.7. The van der Waals surface area contributed by atoms with Crippen LogP contribution in [0.1, 0.15) is 93.9 Å². The Labute approximate surface area is 206 Å². The zero-order chi connectivity index (χ0) is 24.2. The third-order valence-electron chi connectivity index (χ3n) is 7.23. The van der Waals surface area contributed by atoms with Gasteiger partial charge in [0.1, 0.15) is 24.7 Å². The summed E-state index contributed by atoms with van der Waals surface area (Å²) in [5.74, 6) is 1.82. The molecule has 0 radical (unpaired) electrons. The molecule has 0 amide bonds. The van der Waals surface area contributed by atoms with E-state index in [1.807, 2.05) is 0 Å². The SMILES string of the molecule is CCCCc1cc(C2(c3ccc(OCCO)c(CCCC)c3)CCCCC2)ccc1OCCO. The van der Waals surface area contributed by atoms with Gasteiger partial charge in [-0.2, -0.15) is 0 Å². The quantitative estimate of drug-likeness (QED) is 0.338. The lowest BCUT2D eigenvalue weighted by Gasteiger charge is -2.39. The summed E-state index contributed by atoms with van der Waals surface area (Å²) >= 11 is 0. The number of hydrogen-bond donors (Lipinski definition) is 2. The summed E-state index contributed by atoms with van der Waals surface area (Å²) in [4.78, 5) is 0. The molecule has 0 atom stereocenters. The Kier molecular flexibility index (Phi) is 10.7. The van der Waals surface area contributed by atoms with Crippen LogP contribution in [0.2, 0.25) is 0 Å². The Morgan fingerprint density at radius 3 is 1.59 bits per heavy atom. The highest BCUT2D eigenvalue weighted by molar-refractivity contribution is 5.49. The van der Waals surface area contributed by atoms with Crippen molar-refractivity contribution in [3.05, 3.63) is 58.7 Å². The first-order valence-electron chi connectivity index (χ1n) is 13.4. The monoisotopic (exact) mass is 468 g/mol. The van der Waals surface area contributed by atoms with Gasteiger partial charge in [0.2, 0.25) is 0 Å². The molecular formula is C30H44O4. The molecule has 0 heterocycles. The van der Waals surface area contributed by atoms with Crippen molar-refractivity contribution >= 4 is 0 Å². The predicted octanol–water partition coefficient (Wildman–Crippen LogP) is 6.36. The zero-order valence-electron chi connectivity index (χ0n) is 21.3. The second-order valence-corrected chi connectivity index (χ2v) is 9.64. The van der Waals surface area contributed by atoms with Crippen molar-refractivity contribution in [2.45, 2.75) is 89.9 Å². The molecule has 0 saturated heterocycles. The average Bonchev–Trinajstić information content (AvgIpc) is 2.89. The van der Waals surface area contributed by atoms with Crippen LogP contribution in [0.5, 0.6) is 11.5 Å². The van der Waals surface area contributed by atoms with Crippen LogP contribution in [0.4, 0.5) is 0 Å². The third kappa shape index (κ3) is 6.55. The summed E-state index contributed by atoms with van der Waals surface area (Å²) in [5.41, 5.74) is 5.30. The molecule has 1 aliphatic rings. The highest BCUT2D eigenvalue weighted by Crippen LogP contribution is 2.47. The molecule has 0 aromatic heterocycles. The van der Waals surface area contributed by atoms with Gasteiger partial charge >= 0.3 is 0 Å². The topological polar surface area (TPSA) is 58.9 Å². The van der Waals surface area contributed by atoms with Crippen LogP contribution in [0.15, 0.2) is 36.4 Å². The van der Waals surface area contributed by atoms with Crippen LogP contribution >= 0.6 is 0 Å². The lowest BCUT2D eigenvalue weighted by Crippen LogP contribution is -2.31. The Balaban J connectivity index is 2.04. The van der Waals surface area contributed by atoms with Gasteiger partial charge in [0.25, 0.3) is 0 Å². The van der Waals surface area contributed by atoms with Gasteiger partial charge in [-0.05, 0) is 72.9 Å². The maximum atomic E-state index is 9.26. The van der Waals surface area contributed by atoms with Crippen molar-refractivity contribution < 1.29 is 19.7 Å². The van der Waals surface area contributed by atoms with Crippen molar-refractivity contribution in [3.8, 4) is 11.5 Å². The number of aliphatic hydroxyl groups is 2. The van der Waals surface area contributed by atoms with Crippen molar-refractivity contribution in [2.75, 3.05) is 26.4 Å². The fourth-order valence-electron chi connectivity index (χ4n) is 5.37. The van der Waals surface area contributed by atoms with E-state index in [1.165, 1.54) is 41.5 Å². The first-order valence-corrected chi connectivity index (χ1v) is 13.4. The molecule has 2 aromatic rings. The van der Waals surface area contributed by atoms with Gasteiger partial charge in [0.05, 0.1) is 13.2 Å². The fourth-order valence-corrected chi connectivity index (χ4v) is 5.37. The van der Waals surface area contributed by atoms with Gasteiger partial charge in [-0.25, -0.2) is 0 Å². The van der Waals surface area contributed by atoms with Gasteiger partial charge in [0, 0.05) is 5.41 Å². The number of ether oxygens (including phenoxy) is 2. The average molecular weight is 469 g/mol. The molecule has 1 aliphatic carbocycles. The van der Waals surface area contributed by atoms with Gasteiger partial charge < -0.3 is 19.7 Å². The number of hydrogen-bond acceptors (Lipinski definition) is 4. The molecule has 4 nitrogen and oxygen atoms in total. The second kappa shape index (κ2) is 13.7. The smallest absolute Gasteiger partial charge is 0.122 e. The fraction of sp³-hybridized carbons (Fsp3) is 0.600. The minimum atomic E-state index is 0.00516. The van der Waals surface area contributed by atoms with Crippen LogP contribution in [0.3, 0.4) is 0 Å². The number of benzene rings is 2. The summed E-state index contributed by atoms with van der Waals surface area (Å²) in [5, 5.41) is 18.5. The highest BCUT2D eigenvalue weighted by Gasteiger charge is 2.36. The van der Waals surface area contributed by atoms with Crippen LogP contribution in [-0.4, -0.2) is 36.6 Å². The van der Waals surface area contributed by atoms with Crippen molar-refractivity contribution in [2.24, 2.45) is 0 Å². The number of rotatable bonds is 14. The molecule has 1 saturated carbocycles. The minimum absolute atomic E-state index is 0.00516.